The van der Waals surface area contributed by atoms with Crippen LogP contribution in [0.4, 0.5) is 0 Å². The van der Waals surface area contributed by atoms with Crippen molar-refractivity contribution in [2.45, 2.75) is 19.4 Å². The Kier molecular flexibility index (Phi) is 4.06. The minimum absolute atomic E-state index is 0.00487. The number of aromatic nitrogens is 3. The minimum atomic E-state index is -0.00487. The molecule has 1 fully saturated rings. The Hall–Kier alpha value is -2.95. The summed E-state index contributed by atoms with van der Waals surface area (Å²) in [5.41, 5.74) is 2.91. The zero-order valence-corrected chi connectivity index (χ0v) is 14.2. The van der Waals surface area contributed by atoms with Gasteiger partial charge >= 0.3 is 0 Å². The highest BCUT2D eigenvalue weighted by Crippen LogP contribution is 2.28. The van der Waals surface area contributed by atoms with Crippen molar-refractivity contribution in [2.75, 3.05) is 13.1 Å². The van der Waals surface area contributed by atoms with Crippen LogP contribution in [0.1, 0.15) is 33.5 Å². The van der Waals surface area contributed by atoms with Crippen molar-refractivity contribution in [3.8, 4) is 0 Å². The molecule has 3 heterocycles. The van der Waals surface area contributed by atoms with Gasteiger partial charge in [0.15, 0.2) is 0 Å². The smallest absolute Gasteiger partial charge is 0.272 e. The van der Waals surface area contributed by atoms with Gasteiger partial charge in [-0.1, -0.05) is 36.4 Å². The fourth-order valence-corrected chi connectivity index (χ4v) is 3.24. The van der Waals surface area contributed by atoms with Crippen LogP contribution in [0.15, 0.2) is 60.9 Å². The molecule has 5 nitrogen and oxygen atoms in total. The molecular weight excluding hydrogens is 312 g/mol. The predicted molar refractivity (Wildman–Crippen MR) is 95.4 cm³/mol. The summed E-state index contributed by atoms with van der Waals surface area (Å²) < 4.78 is 2.25. The van der Waals surface area contributed by atoms with E-state index in [1.54, 1.807) is 12.3 Å². The molecule has 0 aliphatic carbocycles. The molecule has 2 aromatic heterocycles. The zero-order valence-electron chi connectivity index (χ0n) is 14.2. The average Bonchev–Trinajstić information content (AvgIpc) is 2.96. The summed E-state index contributed by atoms with van der Waals surface area (Å²) in [4.78, 5) is 23.0. The van der Waals surface area contributed by atoms with Crippen LogP contribution in [-0.2, 0) is 6.54 Å². The van der Waals surface area contributed by atoms with E-state index in [-0.39, 0.29) is 11.8 Å². The molecule has 1 aliphatic heterocycles. The van der Waals surface area contributed by atoms with Crippen molar-refractivity contribution in [3.05, 3.63) is 83.7 Å². The van der Waals surface area contributed by atoms with Crippen molar-refractivity contribution < 1.29 is 4.79 Å². The molecular formula is C20H20N4O. The van der Waals surface area contributed by atoms with Gasteiger partial charge in [-0.25, -0.2) is 4.98 Å². The topological polar surface area (TPSA) is 51.0 Å². The van der Waals surface area contributed by atoms with Crippen LogP contribution in [0.3, 0.4) is 0 Å². The first kappa shape index (κ1) is 15.6. The van der Waals surface area contributed by atoms with E-state index in [0.29, 0.717) is 18.8 Å². The normalized spacial score (nSPS) is 14.4. The number of benzene rings is 1. The number of carbonyl (C=O) groups is 1. The third-order valence-corrected chi connectivity index (χ3v) is 4.69. The Balaban J connectivity index is 1.47. The van der Waals surface area contributed by atoms with E-state index in [4.69, 9.17) is 0 Å². The maximum absolute atomic E-state index is 12.4. The average molecular weight is 332 g/mol. The second kappa shape index (κ2) is 6.51. The van der Waals surface area contributed by atoms with Crippen LogP contribution >= 0.6 is 0 Å². The lowest BCUT2D eigenvalue weighted by atomic mass is 9.98. The van der Waals surface area contributed by atoms with Gasteiger partial charge in [0.2, 0.25) is 0 Å². The second-order valence-electron chi connectivity index (χ2n) is 6.45. The maximum Gasteiger partial charge on any atom is 0.272 e. The molecule has 5 heteroatoms. The minimum Gasteiger partial charge on any atom is -0.336 e. The molecule has 0 radical (unpaired) electrons. The SMILES string of the molecule is Cc1cnc(C2CN(C(=O)c3ccccn3)C2)n1Cc1ccccc1. The summed E-state index contributed by atoms with van der Waals surface area (Å²) in [5.74, 6) is 1.34. The molecule has 0 unspecified atom stereocenters. The number of rotatable bonds is 4. The quantitative estimate of drug-likeness (QED) is 0.738. The van der Waals surface area contributed by atoms with Gasteiger partial charge in [0.1, 0.15) is 11.5 Å². The summed E-state index contributed by atoms with van der Waals surface area (Å²) in [5, 5.41) is 0. The molecule has 1 aliphatic rings. The van der Waals surface area contributed by atoms with Crippen LogP contribution in [0.25, 0.3) is 0 Å². The highest BCUT2D eigenvalue weighted by molar-refractivity contribution is 5.92. The third kappa shape index (κ3) is 3.05. The largest absolute Gasteiger partial charge is 0.336 e. The number of nitrogens with zero attached hydrogens (tertiary/aromatic N) is 4. The lowest BCUT2D eigenvalue weighted by molar-refractivity contribution is 0.0585. The number of likely N-dealkylation sites (tertiary alicyclic amines) is 1. The number of hydrogen-bond donors (Lipinski definition) is 0. The monoisotopic (exact) mass is 332 g/mol. The number of aryl methyl sites for hydroxylation is 1. The zero-order chi connectivity index (χ0) is 17.2. The van der Waals surface area contributed by atoms with Gasteiger partial charge in [-0.3, -0.25) is 9.78 Å². The lowest BCUT2D eigenvalue weighted by Crippen LogP contribution is -2.49. The van der Waals surface area contributed by atoms with Crippen LogP contribution in [0.5, 0.6) is 0 Å². The summed E-state index contributed by atoms with van der Waals surface area (Å²) in [6, 6.07) is 15.8. The highest BCUT2D eigenvalue weighted by Gasteiger charge is 2.35. The van der Waals surface area contributed by atoms with E-state index >= 15 is 0 Å². The van der Waals surface area contributed by atoms with E-state index < -0.39 is 0 Å². The Morgan fingerprint density at radius 1 is 1.08 bits per heavy atom. The Morgan fingerprint density at radius 3 is 2.56 bits per heavy atom. The first-order chi connectivity index (χ1) is 12.2. The van der Waals surface area contributed by atoms with Gasteiger partial charge in [0.05, 0.1) is 5.92 Å². The molecule has 25 heavy (non-hydrogen) atoms. The standard InChI is InChI=1S/C20H20N4O/c1-15-11-22-19(24(15)12-16-7-3-2-4-8-16)17-13-23(14-17)20(25)18-9-5-6-10-21-18/h2-11,17H,12-14H2,1H3. The highest BCUT2D eigenvalue weighted by atomic mass is 16.2. The molecule has 0 N–H and O–H groups in total. The molecule has 0 bridgehead atoms. The Labute approximate surface area is 147 Å². The molecule has 0 saturated carbocycles. The van der Waals surface area contributed by atoms with Crippen LogP contribution in [0.2, 0.25) is 0 Å². The number of hydrogen-bond acceptors (Lipinski definition) is 3. The molecule has 126 valence electrons. The molecule has 0 spiro atoms. The number of pyridine rings is 1. The van der Waals surface area contributed by atoms with Crippen molar-refractivity contribution >= 4 is 5.91 Å². The molecule has 1 saturated heterocycles. The van der Waals surface area contributed by atoms with Gasteiger partial charge in [-0.05, 0) is 24.6 Å². The Morgan fingerprint density at radius 2 is 1.84 bits per heavy atom. The fraction of sp³-hybridized carbons (Fsp3) is 0.250. The van der Waals surface area contributed by atoms with Gasteiger partial charge in [-0.2, -0.15) is 0 Å². The van der Waals surface area contributed by atoms with Crippen molar-refractivity contribution in [3.63, 3.8) is 0 Å². The first-order valence-electron chi connectivity index (χ1n) is 8.48. The lowest BCUT2D eigenvalue weighted by Gasteiger charge is -2.38. The van der Waals surface area contributed by atoms with E-state index in [1.807, 2.05) is 29.3 Å². The molecule has 1 aromatic carbocycles. The third-order valence-electron chi connectivity index (χ3n) is 4.69. The van der Waals surface area contributed by atoms with E-state index in [0.717, 1.165) is 18.1 Å². The second-order valence-corrected chi connectivity index (χ2v) is 6.45. The van der Waals surface area contributed by atoms with Crippen LogP contribution < -0.4 is 0 Å². The summed E-state index contributed by atoms with van der Waals surface area (Å²) >= 11 is 0. The van der Waals surface area contributed by atoms with Gasteiger partial charge in [0, 0.05) is 37.7 Å². The molecule has 1 amide bonds. The fourth-order valence-electron chi connectivity index (χ4n) is 3.24. The molecule has 3 aromatic rings. The van der Waals surface area contributed by atoms with Crippen LogP contribution in [0, 0.1) is 6.92 Å². The summed E-state index contributed by atoms with van der Waals surface area (Å²) in [7, 11) is 0. The summed E-state index contributed by atoms with van der Waals surface area (Å²) in [6.45, 7) is 4.28. The van der Waals surface area contributed by atoms with Crippen molar-refractivity contribution in [2.24, 2.45) is 0 Å². The Bertz CT molecular complexity index is 867. The molecule has 0 atom stereocenters. The van der Waals surface area contributed by atoms with E-state index in [1.165, 1.54) is 5.56 Å². The van der Waals surface area contributed by atoms with E-state index in [9.17, 15) is 4.79 Å². The van der Waals surface area contributed by atoms with Crippen molar-refractivity contribution in [1.29, 1.82) is 0 Å². The predicted octanol–water partition coefficient (Wildman–Crippen LogP) is 2.87. The van der Waals surface area contributed by atoms with Crippen molar-refractivity contribution in [1.82, 2.24) is 19.4 Å². The molecule has 4 rings (SSSR count). The number of carbonyl (C=O) groups excluding carboxylic acids is 1. The number of imidazole rings is 1. The first-order valence-corrected chi connectivity index (χ1v) is 8.48. The maximum atomic E-state index is 12.4. The van der Waals surface area contributed by atoms with Gasteiger partial charge in [-0.15, -0.1) is 0 Å². The van der Waals surface area contributed by atoms with Gasteiger partial charge < -0.3 is 9.47 Å². The van der Waals surface area contributed by atoms with Gasteiger partial charge in [0.25, 0.3) is 5.91 Å². The van der Waals surface area contributed by atoms with Crippen LogP contribution in [-0.4, -0.2) is 38.4 Å². The number of amides is 1. The summed E-state index contributed by atoms with van der Waals surface area (Å²) in [6.07, 6.45) is 3.57. The van der Waals surface area contributed by atoms with E-state index in [2.05, 4.69) is 45.7 Å².